The van der Waals surface area contributed by atoms with E-state index in [-0.39, 0.29) is 11.5 Å². The number of phenolic OH excluding ortho intramolecular Hbond substituents is 2. The first-order chi connectivity index (χ1) is 7.25. The summed E-state index contributed by atoms with van der Waals surface area (Å²) in [5, 5.41) is 18.5. The monoisotopic (exact) mass is 202 g/mol. The fourth-order valence-corrected chi connectivity index (χ4v) is 1.78. The quantitative estimate of drug-likeness (QED) is 0.724. The molecule has 78 valence electrons. The Labute approximate surface area is 89.2 Å². The normalized spacial score (nSPS) is 19.3. The van der Waals surface area contributed by atoms with Crippen molar-refractivity contribution in [3.05, 3.63) is 48.1 Å². The highest BCUT2D eigenvalue weighted by molar-refractivity contribution is 5.40. The second kappa shape index (κ2) is 4.22. The standard InChI is InChI=1S/C13H14O2/c14-12-7-6-11(9-13(12)15)8-10-4-2-1-3-5-10/h1-4,6-7,9-10,14-15H,5,8H2/t10-/m0/s1. The zero-order valence-corrected chi connectivity index (χ0v) is 8.43. The molecule has 15 heavy (non-hydrogen) atoms. The molecule has 1 aromatic carbocycles. The van der Waals surface area contributed by atoms with Crippen molar-refractivity contribution in [1.82, 2.24) is 0 Å². The van der Waals surface area contributed by atoms with Crippen LogP contribution in [0.2, 0.25) is 0 Å². The second-order valence-corrected chi connectivity index (χ2v) is 3.84. The lowest BCUT2D eigenvalue weighted by Crippen LogP contribution is -2.01. The van der Waals surface area contributed by atoms with Gasteiger partial charge in [0.25, 0.3) is 0 Å². The van der Waals surface area contributed by atoms with Crippen LogP contribution in [-0.4, -0.2) is 10.2 Å². The lowest BCUT2D eigenvalue weighted by atomic mass is 9.93. The average Bonchev–Trinajstić information content (AvgIpc) is 2.25. The van der Waals surface area contributed by atoms with E-state index in [1.807, 2.05) is 12.1 Å². The zero-order valence-electron chi connectivity index (χ0n) is 8.43. The largest absolute Gasteiger partial charge is 0.504 e. The molecule has 2 N–H and O–H groups in total. The molecule has 1 aromatic rings. The molecule has 0 amide bonds. The fraction of sp³-hybridized carbons (Fsp3) is 0.231. The van der Waals surface area contributed by atoms with Crippen LogP contribution in [0.3, 0.4) is 0 Å². The molecule has 2 nitrogen and oxygen atoms in total. The Hall–Kier alpha value is -1.70. The van der Waals surface area contributed by atoms with Crippen molar-refractivity contribution in [3.8, 4) is 11.5 Å². The molecular formula is C13H14O2. The summed E-state index contributed by atoms with van der Waals surface area (Å²) in [4.78, 5) is 0. The topological polar surface area (TPSA) is 40.5 Å². The van der Waals surface area contributed by atoms with Gasteiger partial charge in [-0.1, -0.05) is 30.4 Å². The molecule has 0 unspecified atom stereocenters. The van der Waals surface area contributed by atoms with Gasteiger partial charge in [-0.15, -0.1) is 0 Å². The molecule has 0 aliphatic heterocycles. The predicted octanol–water partition coefficient (Wildman–Crippen LogP) is 2.77. The summed E-state index contributed by atoms with van der Waals surface area (Å²) >= 11 is 0. The number of aromatic hydroxyl groups is 2. The van der Waals surface area contributed by atoms with E-state index in [4.69, 9.17) is 0 Å². The number of hydrogen-bond donors (Lipinski definition) is 2. The van der Waals surface area contributed by atoms with E-state index >= 15 is 0 Å². The summed E-state index contributed by atoms with van der Waals surface area (Å²) in [6.07, 6.45) is 10.3. The van der Waals surface area contributed by atoms with Crippen LogP contribution in [0, 0.1) is 5.92 Å². The van der Waals surface area contributed by atoms with Gasteiger partial charge >= 0.3 is 0 Å². The number of hydrogen-bond acceptors (Lipinski definition) is 2. The van der Waals surface area contributed by atoms with Crippen molar-refractivity contribution in [2.45, 2.75) is 12.8 Å². The van der Waals surface area contributed by atoms with Crippen LogP contribution >= 0.6 is 0 Å². The molecule has 0 saturated heterocycles. The van der Waals surface area contributed by atoms with Gasteiger partial charge in [-0.05, 0) is 36.5 Å². The molecular weight excluding hydrogens is 188 g/mol. The van der Waals surface area contributed by atoms with Gasteiger partial charge in [0, 0.05) is 0 Å². The van der Waals surface area contributed by atoms with Crippen LogP contribution in [0.1, 0.15) is 12.0 Å². The van der Waals surface area contributed by atoms with Crippen LogP contribution in [-0.2, 0) is 6.42 Å². The van der Waals surface area contributed by atoms with Crippen molar-refractivity contribution in [1.29, 1.82) is 0 Å². The highest BCUT2D eigenvalue weighted by Gasteiger charge is 2.08. The molecule has 0 bridgehead atoms. The highest BCUT2D eigenvalue weighted by Crippen LogP contribution is 2.27. The van der Waals surface area contributed by atoms with Crippen LogP contribution in [0.4, 0.5) is 0 Å². The lowest BCUT2D eigenvalue weighted by molar-refractivity contribution is 0.403. The van der Waals surface area contributed by atoms with E-state index in [9.17, 15) is 10.2 Å². The molecule has 0 aromatic heterocycles. The van der Waals surface area contributed by atoms with Crippen molar-refractivity contribution < 1.29 is 10.2 Å². The van der Waals surface area contributed by atoms with Gasteiger partial charge < -0.3 is 10.2 Å². The van der Waals surface area contributed by atoms with Crippen molar-refractivity contribution in [2.24, 2.45) is 5.92 Å². The molecule has 0 radical (unpaired) electrons. The fourth-order valence-electron chi connectivity index (χ4n) is 1.78. The van der Waals surface area contributed by atoms with Gasteiger partial charge in [0.15, 0.2) is 11.5 Å². The first kappa shape index (κ1) is 9.84. The van der Waals surface area contributed by atoms with Crippen molar-refractivity contribution in [2.75, 3.05) is 0 Å². The minimum atomic E-state index is -0.0576. The van der Waals surface area contributed by atoms with Crippen LogP contribution < -0.4 is 0 Å². The Morgan fingerprint density at radius 3 is 2.67 bits per heavy atom. The summed E-state index contributed by atoms with van der Waals surface area (Å²) in [5.41, 5.74) is 1.05. The maximum absolute atomic E-state index is 9.35. The Bertz CT molecular complexity index is 405. The number of phenols is 2. The molecule has 2 rings (SSSR count). The van der Waals surface area contributed by atoms with Crippen LogP contribution in [0.15, 0.2) is 42.5 Å². The molecule has 1 aliphatic carbocycles. The second-order valence-electron chi connectivity index (χ2n) is 3.84. The minimum absolute atomic E-state index is 0.0390. The Kier molecular flexibility index (Phi) is 2.77. The summed E-state index contributed by atoms with van der Waals surface area (Å²) < 4.78 is 0. The van der Waals surface area contributed by atoms with E-state index in [0.717, 1.165) is 18.4 Å². The molecule has 1 atom stereocenters. The predicted molar refractivity (Wildman–Crippen MR) is 59.9 cm³/mol. The van der Waals surface area contributed by atoms with E-state index < -0.39 is 0 Å². The molecule has 0 spiro atoms. The van der Waals surface area contributed by atoms with Gasteiger partial charge in [0.2, 0.25) is 0 Å². The Morgan fingerprint density at radius 1 is 1.13 bits per heavy atom. The van der Waals surface area contributed by atoms with Gasteiger partial charge in [-0.25, -0.2) is 0 Å². The molecule has 1 aliphatic rings. The van der Waals surface area contributed by atoms with E-state index in [1.54, 1.807) is 6.07 Å². The third kappa shape index (κ3) is 2.40. The smallest absolute Gasteiger partial charge is 0.157 e. The number of rotatable bonds is 2. The molecule has 2 heteroatoms. The van der Waals surface area contributed by atoms with Gasteiger partial charge in [0.1, 0.15) is 0 Å². The highest BCUT2D eigenvalue weighted by atomic mass is 16.3. The average molecular weight is 202 g/mol. The Balaban J connectivity index is 2.07. The first-order valence-corrected chi connectivity index (χ1v) is 5.10. The van der Waals surface area contributed by atoms with E-state index in [1.165, 1.54) is 6.07 Å². The SMILES string of the molecule is Oc1ccc(C[C@H]2C=CC=CC2)cc1O. The third-order valence-corrected chi connectivity index (χ3v) is 2.61. The van der Waals surface area contributed by atoms with Crippen molar-refractivity contribution in [3.63, 3.8) is 0 Å². The first-order valence-electron chi connectivity index (χ1n) is 5.10. The van der Waals surface area contributed by atoms with Crippen molar-refractivity contribution >= 4 is 0 Å². The molecule has 0 saturated carbocycles. The van der Waals surface area contributed by atoms with E-state index in [0.29, 0.717) is 5.92 Å². The lowest BCUT2D eigenvalue weighted by Gasteiger charge is -2.13. The van der Waals surface area contributed by atoms with Gasteiger partial charge in [0.05, 0.1) is 0 Å². The summed E-state index contributed by atoms with van der Waals surface area (Å²) in [6.45, 7) is 0. The maximum atomic E-state index is 9.35. The summed E-state index contributed by atoms with van der Waals surface area (Å²) in [7, 11) is 0. The minimum Gasteiger partial charge on any atom is -0.504 e. The molecule has 0 heterocycles. The maximum Gasteiger partial charge on any atom is 0.157 e. The van der Waals surface area contributed by atoms with Gasteiger partial charge in [-0.2, -0.15) is 0 Å². The zero-order chi connectivity index (χ0) is 10.7. The molecule has 0 fully saturated rings. The number of allylic oxidation sites excluding steroid dienone is 4. The summed E-state index contributed by atoms with van der Waals surface area (Å²) in [6, 6.07) is 5.01. The Morgan fingerprint density at radius 2 is 2.00 bits per heavy atom. The van der Waals surface area contributed by atoms with Gasteiger partial charge in [-0.3, -0.25) is 0 Å². The number of benzene rings is 1. The van der Waals surface area contributed by atoms with Crippen LogP contribution in [0.5, 0.6) is 11.5 Å². The summed E-state index contributed by atoms with van der Waals surface area (Å²) in [5.74, 6) is 0.402. The van der Waals surface area contributed by atoms with Crippen LogP contribution in [0.25, 0.3) is 0 Å². The van der Waals surface area contributed by atoms with E-state index in [2.05, 4.69) is 18.2 Å². The third-order valence-electron chi connectivity index (χ3n) is 2.61.